The maximum atomic E-state index is 13.4. The second-order valence-corrected chi connectivity index (χ2v) is 9.78. The lowest BCUT2D eigenvalue weighted by molar-refractivity contribution is 0.0703. The summed E-state index contributed by atoms with van der Waals surface area (Å²) in [6, 6.07) is 18.3. The molecule has 1 saturated heterocycles. The van der Waals surface area contributed by atoms with Crippen LogP contribution in [0, 0.1) is 17.8 Å². The second kappa shape index (κ2) is 9.86. The van der Waals surface area contributed by atoms with Gasteiger partial charge in [-0.2, -0.15) is 0 Å². The Balaban J connectivity index is 1.56. The van der Waals surface area contributed by atoms with Gasteiger partial charge in [-0.1, -0.05) is 44.2 Å². The van der Waals surface area contributed by atoms with Gasteiger partial charge in [0.05, 0.1) is 7.11 Å². The van der Waals surface area contributed by atoms with Crippen molar-refractivity contribution in [3.05, 3.63) is 65.7 Å². The molecule has 4 rings (SSSR count). The van der Waals surface area contributed by atoms with E-state index < -0.39 is 0 Å². The van der Waals surface area contributed by atoms with Crippen molar-refractivity contribution in [2.75, 3.05) is 39.8 Å². The van der Waals surface area contributed by atoms with E-state index in [0.717, 1.165) is 43.4 Å². The fourth-order valence-electron chi connectivity index (χ4n) is 4.94. The molecule has 0 radical (unpaired) electrons. The predicted molar refractivity (Wildman–Crippen MR) is 126 cm³/mol. The quantitative estimate of drug-likeness (QED) is 0.577. The van der Waals surface area contributed by atoms with Crippen LogP contribution in [0.2, 0.25) is 0 Å². The van der Waals surface area contributed by atoms with E-state index in [4.69, 9.17) is 4.74 Å². The molecule has 1 heterocycles. The minimum atomic E-state index is 0.152. The summed E-state index contributed by atoms with van der Waals surface area (Å²) in [4.78, 5) is 18.1. The summed E-state index contributed by atoms with van der Waals surface area (Å²) < 4.78 is 5.50. The number of rotatable bonds is 9. The molecule has 166 valence electrons. The van der Waals surface area contributed by atoms with Gasteiger partial charge >= 0.3 is 0 Å². The van der Waals surface area contributed by atoms with Gasteiger partial charge in [0.25, 0.3) is 5.91 Å². The zero-order valence-corrected chi connectivity index (χ0v) is 19.2. The molecule has 2 fully saturated rings. The number of hydrogen-bond acceptors (Lipinski definition) is 3. The molecule has 31 heavy (non-hydrogen) atoms. The van der Waals surface area contributed by atoms with E-state index >= 15 is 0 Å². The first-order valence-electron chi connectivity index (χ1n) is 11.7. The lowest BCUT2D eigenvalue weighted by Crippen LogP contribution is -2.39. The van der Waals surface area contributed by atoms with E-state index in [9.17, 15) is 4.79 Å². The smallest absolute Gasteiger partial charge is 0.253 e. The summed E-state index contributed by atoms with van der Waals surface area (Å²) in [5.41, 5.74) is 2.12. The van der Waals surface area contributed by atoms with Crippen LogP contribution in [-0.4, -0.2) is 55.5 Å². The van der Waals surface area contributed by atoms with Crippen molar-refractivity contribution in [3.8, 4) is 5.75 Å². The summed E-state index contributed by atoms with van der Waals surface area (Å²) >= 11 is 0. The average Bonchev–Trinajstić information content (AvgIpc) is 3.51. The van der Waals surface area contributed by atoms with Crippen LogP contribution in [0.3, 0.4) is 0 Å². The molecule has 1 aliphatic carbocycles. The third kappa shape index (κ3) is 5.68. The van der Waals surface area contributed by atoms with Gasteiger partial charge < -0.3 is 14.5 Å². The number of likely N-dealkylation sites (tertiary alicyclic amines) is 1. The van der Waals surface area contributed by atoms with Crippen molar-refractivity contribution in [2.45, 2.75) is 32.6 Å². The maximum Gasteiger partial charge on any atom is 0.253 e. The van der Waals surface area contributed by atoms with Crippen LogP contribution in [-0.2, 0) is 0 Å². The monoisotopic (exact) mass is 420 g/mol. The van der Waals surface area contributed by atoms with Crippen molar-refractivity contribution in [3.63, 3.8) is 0 Å². The van der Waals surface area contributed by atoms with E-state index in [2.05, 4.69) is 41.8 Å². The van der Waals surface area contributed by atoms with Crippen molar-refractivity contribution < 1.29 is 9.53 Å². The van der Waals surface area contributed by atoms with Crippen molar-refractivity contribution in [2.24, 2.45) is 17.8 Å². The topological polar surface area (TPSA) is 32.8 Å². The molecule has 2 atom stereocenters. The molecular weight excluding hydrogens is 384 g/mol. The summed E-state index contributed by atoms with van der Waals surface area (Å²) in [5, 5.41) is 0. The van der Waals surface area contributed by atoms with Crippen molar-refractivity contribution in [1.82, 2.24) is 9.80 Å². The maximum absolute atomic E-state index is 13.4. The Morgan fingerprint density at radius 3 is 2.55 bits per heavy atom. The number of ether oxygens (including phenoxy) is 1. The number of amides is 1. The van der Waals surface area contributed by atoms with Gasteiger partial charge in [-0.15, -0.1) is 0 Å². The first-order valence-corrected chi connectivity index (χ1v) is 11.7. The molecule has 1 saturated carbocycles. The Hall–Kier alpha value is -2.33. The SMILES string of the molecule is COc1cccc([C@@H]2CN(CC3CC3)C[C@@H]2CN(CC(C)C)C(=O)c2ccccc2)c1. The molecule has 0 spiro atoms. The van der Waals surface area contributed by atoms with Crippen LogP contribution in [0.4, 0.5) is 0 Å². The molecule has 0 unspecified atom stereocenters. The number of carbonyl (C=O) groups is 1. The molecule has 0 bridgehead atoms. The van der Waals surface area contributed by atoms with E-state index in [-0.39, 0.29) is 5.91 Å². The molecule has 1 amide bonds. The molecule has 2 aromatic rings. The fourth-order valence-corrected chi connectivity index (χ4v) is 4.94. The molecular formula is C27H36N2O2. The van der Waals surface area contributed by atoms with E-state index in [1.807, 2.05) is 36.4 Å². The third-order valence-electron chi connectivity index (χ3n) is 6.60. The number of benzene rings is 2. The highest BCUT2D eigenvalue weighted by molar-refractivity contribution is 5.94. The fraction of sp³-hybridized carbons (Fsp3) is 0.519. The zero-order valence-electron chi connectivity index (χ0n) is 19.2. The molecule has 4 nitrogen and oxygen atoms in total. The van der Waals surface area contributed by atoms with E-state index in [0.29, 0.717) is 17.8 Å². The van der Waals surface area contributed by atoms with Crippen LogP contribution in [0.25, 0.3) is 0 Å². The van der Waals surface area contributed by atoms with Gasteiger partial charge in [0.15, 0.2) is 0 Å². The summed E-state index contributed by atoms with van der Waals surface area (Å²) in [6.45, 7) is 9.32. The summed E-state index contributed by atoms with van der Waals surface area (Å²) in [5.74, 6) is 3.23. The Kier molecular flexibility index (Phi) is 6.96. The Bertz CT molecular complexity index is 863. The highest BCUT2D eigenvalue weighted by Gasteiger charge is 2.38. The molecule has 2 aliphatic rings. The Morgan fingerprint density at radius 1 is 1.10 bits per heavy atom. The first kappa shape index (κ1) is 21.9. The zero-order chi connectivity index (χ0) is 21.8. The lowest BCUT2D eigenvalue weighted by atomic mass is 9.88. The van der Waals surface area contributed by atoms with Gasteiger partial charge in [0.2, 0.25) is 0 Å². The summed E-state index contributed by atoms with van der Waals surface area (Å²) in [6.07, 6.45) is 2.74. The Morgan fingerprint density at radius 2 is 1.87 bits per heavy atom. The average molecular weight is 421 g/mol. The second-order valence-electron chi connectivity index (χ2n) is 9.78. The summed E-state index contributed by atoms with van der Waals surface area (Å²) in [7, 11) is 1.73. The predicted octanol–water partition coefficient (Wildman–Crippen LogP) is 4.92. The van der Waals surface area contributed by atoms with Crippen LogP contribution in [0.5, 0.6) is 5.75 Å². The van der Waals surface area contributed by atoms with Gasteiger partial charge in [-0.25, -0.2) is 0 Å². The van der Waals surface area contributed by atoms with Crippen LogP contribution < -0.4 is 4.74 Å². The number of methoxy groups -OCH3 is 1. The largest absolute Gasteiger partial charge is 0.497 e. The standard InChI is InChI=1S/C27H36N2O2/c1-20(2)15-29(27(30)22-8-5-4-6-9-22)18-24-17-28(16-21-12-13-21)19-26(24)23-10-7-11-25(14-23)31-3/h4-11,14,20-21,24,26H,12-13,15-19H2,1-3H3/t24-,26+/m1/s1. The van der Waals surface area contributed by atoms with Crippen LogP contribution in [0.1, 0.15) is 48.5 Å². The molecule has 4 heteroatoms. The van der Waals surface area contributed by atoms with E-state index in [1.54, 1.807) is 7.11 Å². The number of hydrogen-bond donors (Lipinski definition) is 0. The van der Waals surface area contributed by atoms with Gasteiger partial charge in [0.1, 0.15) is 5.75 Å². The van der Waals surface area contributed by atoms with Crippen LogP contribution in [0.15, 0.2) is 54.6 Å². The number of nitrogens with zero attached hydrogens (tertiary/aromatic N) is 2. The van der Waals surface area contributed by atoms with Crippen molar-refractivity contribution in [1.29, 1.82) is 0 Å². The minimum absolute atomic E-state index is 0.152. The first-order chi connectivity index (χ1) is 15.0. The Labute approximate surface area is 187 Å². The van der Waals surface area contributed by atoms with Gasteiger partial charge in [-0.05, 0) is 60.4 Å². The molecule has 2 aromatic carbocycles. The van der Waals surface area contributed by atoms with Gasteiger partial charge in [-0.3, -0.25) is 4.79 Å². The third-order valence-corrected chi connectivity index (χ3v) is 6.60. The lowest BCUT2D eigenvalue weighted by Gasteiger charge is -2.30. The normalized spacial score (nSPS) is 21.4. The highest BCUT2D eigenvalue weighted by Crippen LogP contribution is 2.38. The van der Waals surface area contributed by atoms with Gasteiger partial charge in [0, 0.05) is 44.2 Å². The highest BCUT2D eigenvalue weighted by atomic mass is 16.5. The van der Waals surface area contributed by atoms with Crippen LogP contribution >= 0.6 is 0 Å². The van der Waals surface area contributed by atoms with E-state index in [1.165, 1.54) is 24.9 Å². The van der Waals surface area contributed by atoms with Crippen molar-refractivity contribution >= 4 is 5.91 Å². The molecule has 0 aromatic heterocycles. The molecule has 1 aliphatic heterocycles. The number of carbonyl (C=O) groups excluding carboxylic acids is 1. The minimum Gasteiger partial charge on any atom is -0.497 e. The molecule has 0 N–H and O–H groups in total.